The molecule has 8 nitrogen and oxygen atoms in total. The highest BCUT2D eigenvalue weighted by Crippen LogP contribution is 2.33. The number of hydrogen-bond donors (Lipinski definition) is 2. The third-order valence-corrected chi connectivity index (χ3v) is 4.08. The van der Waals surface area contributed by atoms with Gasteiger partial charge >= 0.3 is 0 Å². The van der Waals surface area contributed by atoms with Crippen LogP contribution in [0.3, 0.4) is 0 Å². The Bertz CT molecular complexity index is 941. The van der Waals surface area contributed by atoms with Gasteiger partial charge in [-0.1, -0.05) is 5.10 Å². The van der Waals surface area contributed by atoms with Gasteiger partial charge in [-0.3, -0.25) is 20.1 Å². The molecular weight excluding hydrogens is 342 g/mol. The van der Waals surface area contributed by atoms with E-state index in [2.05, 4.69) is 25.5 Å². The van der Waals surface area contributed by atoms with Crippen molar-refractivity contribution in [3.8, 4) is 22.1 Å². The van der Waals surface area contributed by atoms with E-state index in [1.54, 1.807) is 13.3 Å². The number of hydrogen-bond acceptors (Lipinski definition) is 8. The van der Waals surface area contributed by atoms with Crippen molar-refractivity contribution in [3.05, 3.63) is 41.5 Å². The van der Waals surface area contributed by atoms with Gasteiger partial charge in [0, 0.05) is 28.7 Å². The monoisotopic (exact) mass is 357 g/mol. The van der Waals surface area contributed by atoms with Crippen LogP contribution in [0.5, 0.6) is 10.9 Å². The van der Waals surface area contributed by atoms with Gasteiger partial charge in [0.2, 0.25) is 5.13 Å². The van der Waals surface area contributed by atoms with Crippen LogP contribution in [0.2, 0.25) is 0 Å². The van der Waals surface area contributed by atoms with Gasteiger partial charge < -0.3 is 9.84 Å². The van der Waals surface area contributed by atoms with Crippen molar-refractivity contribution in [1.29, 1.82) is 0 Å². The first-order chi connectivity index (χ1) is 12.0. The van der Waals surface area contributed by atoms with E-state index >= 15 is 0 Å². The molecule has 3 aromatic rings. The molecule has 128 valence electrons. The first-order valence-corrected chi connectivity index (χ1v) is 8.11. The summed E-state index contributed by atoms with van der Waals surface area (Å²) >= 11 is 0.872. The molecular formula is C16H15N5O3S. The summed E-state index contributed by atoms with van der Waals surface area (Å²) in [4.78, 5) is 21.1. The molecule has 2 N–H and O–H groups in total. The second-order valence-electron chi connectivity index (χ2n) is 5.24. The molecule has 3 heterocycles. The lowest BCUT2D eigenvalue weighted by Gasteiger charge is -2.13. The number of amides is 1. The molecule has 0 aliphatic rings. The normalized spacial score (nSPS) is 10.5. The number of carbonyl (C=O) groups is 1. The van der Waals surface area contributed by atoms with Gasteiger partial charge in [0.1, 0.15) is 5.75 Å². The lowest BCUT2D eigenvalue weighted by Crippen LogP contribution is -2.14. The van der Waals surface area contributed by atoms with E-state index in [0.717, 1.165) is 28.3 Å². The first-order valence-electron chi connectivity index (χ1n) is 7.29. The number of rotatable bonds is 4. The molecule has 0 saturated heterocycles. The van der Waals surface area contributed by atoms with Crippen molar-refractivity contribution in [3.63, 3.8) is 0 Å². The molecule has 0 aliphatic carbocycles. The minimum Gasteiger partial charge on any atom is -0.494 e. The number of nitrogens with zero attached hydrogens (tertiary/aromatic N) is 4. The predicted octanol–water partition coefficient (Wildman–Crippen LogP) is 2.58. The van der Waals surface area contributed by atoms with Gasteiger partial charge in [-0.2, -0.15) is 0 Å². The van der Waals surface area contributed by atoms with E-state index in [-0.39, 0.29) is 10.3 Å². The van der Waals surface area contributed by atoms with E-state index in [4.69, 9.17) is 4.74 Å². The fraction of sp³-hybridized carbons (Fsp3) is 0.188. The van der Waals surface area contributed by atoms with Crippen LogP contribution in [-0.2, 0) is 0 Å². The van der Waals surface area contributed by atoms with Crippen LogP contribution >= 0.6 is 11.3 Å². The molecule has 0 fully saturated rings. The Hall–Kier alpha value is -3.07. The van der Waals surface area contributed by atoms with Crippen LogP contribution in [0.25, 0.3) is 11.1 Å². The molecule has 0 atom stereocenters. The fourth-order valence-electron chi connectivity index (χ4n) is 2.31. The largest absolute Gasteiger partial charge is 0.494 e. The van der Waals surface area contributed by atoms with Crippen LogP contribution in [0, 0.1) is 13.8 Å². The standard InChI is InChI=1S/C16H15N5O3S/c1-8-4-10(11-5-9(2)18-7-13(11)24-3)12(6-17-8)14(22)19-15-20-21-16(23)25-15/h4-7H,1-3H3,(H,21,23)(H,19,20,22). The zero-order valence-corrected chi connectivity index (χ0v) is 14.6. The number of pyridine rings is 2. The summed E-state index contributed by atoms with van der Waals surface area (Å²) in [6, 6.07) is 3.66. The Morgan fingerprint density at radius 2 is 1.80 bits per heavy atom. The summed E-state index contributed by atoms with van der Waals surface area (Å²) in [5, 5.41) is 19.0. The van der Waals surface area contributed by atoms with Crippen molar-refractivity contribution < 1.29 is 14.6 Å². The molecule has 0 spiro atoms. The van der Waals surface area contributed by atoms with Gasteiger partial charge in [-0.25, -0.2) is 0 Å². The average molecular weight is 357 g/mol. The zero-order valence-electron chi connectivity index (χ0n) is 13.8. The SMILES string of the molecule is COc1cnc(C)cc1-c1cc(C)ncc1C(=O)Nc1nnc(O)s1. The maximum Gasteiger partial charge on any atom is 0.293 e. The number of aryl methyl sites for hydroxylation is 2. The summed E-state index contributed by atoms with van der Waals surface area (Å²) < 4.78 is 5.38. The van der Waals surface area contributed by atoms with Crippen LogP contribution in [0.15, 0.2) is 24.5 Å². The van der Waals surface area contributed by atoms with Gasteiger partial charge in [0.25, 0.3) is 11.1 Å². The second kappa shape index (κ2) is 6.81. The quantitative estimate of drug-likeness (QED) is 0.738. The molecule has 0 aliphatic heterocycles. The maximum atomic E-state index is 12.7. The van der Waals surface area contributed by atoms with Crippen molar-refractivity contribution >= 4 is 22.4 Å². The number of aromatic nitrogens is 4. The van der Waals surface area contributed by atoms with Crippen molar-refractivity contribution in [1.82, 2.24) is 20.2 Å². The topological polar surface area (TPSA) is 110 Å². The Morgan fingerprint density at radius 1 is 1.12 bits per heavy atom. The molecule has 0 unspecified atom stereocenters. The lowest BCUT2D eigenvalue weighted by atomic mass is 9.99. The lowest BCUT2D eigenvalue weighted by molar-refractivity contribution is 0.102. The minimum absolute atomic E-state index is 0.201. The smallest absolute Gasteiger partial charge is 0.293 e. The number of anilines is 1. The van der Waals surface area contributed by atoms with Gasteiger partial charge in [0.05, 0.1) is 18.9 Å². The molecule has 3 aromatic heterocycles. The predicted molar refractivity (Wildman–Crippen MR) is 93.0 cm³/mol. The first kappa shape index (κ1) is 16.8. The Labute approximate surface area is 147 Å². The summed E-state index contributed by atoms with van der Waals surface area (Å²) in [5.74, 6) is 0.147. The molecule has 0 saturated carbocycles. The fourth-order valence-corrected chi connectivity index (χ4v) is 2.79. The highest BCUT2D eigenvalue weighted by atomic mass is 32.1. The Kier molecular flexibility index (Phi) is 4.57. The highest BCUT2D eigenvalue weighted by molar-refractivity contribution is 7.17. The van der Waals surface area contributed by atoms with Crippen LogP contribution in [0.4, 0.5) is 5.13 Å². The minimum atomic E-state index is -0.407. The number of nitrogens with one attached hydrogen (secondary N) is 1. The zero-order chi connectivity index (χ0) is 18.0. The number of ether oxygens (including phenoxy) is 1. The molecule has 25 heavy (non-hydrogen) atoms. The van der Waals surface area contributed by atoms with Gasteiger partial charge in [-0.05, 0) is 37.3 Å². The summed E-state index contributed by atoms with van der Waals surface area (Å²) in [7, 11) is 1.55. The van der Waals surface area contributed by atoms with E-state index in [9.17, 15) is 9.90 Å². The summed E-state index contributed by atoms with van der Waals surface area (Å²) in [6.07, 6.45) is 3.11. The molecule has 0 radical (unpaired) electrons. The molecule has 0 aromatic carbocycles. The van der Waals surface area contributed by atoms with E-state index in [1.165, 1.54) is 6.20 Å². The second-order valence-corrected chi connectivity index (χ2v) is 6.20. The number of carbonyl (C=O) groups excluding carboxylic acids is 1. The third-order valence-electron chi connectivity index (χ3n) is 3.43. The van der Waals surface area contributed by atoms with Gasteiger partial charge in [-0.15, -0.1) is 5.10 Å². The highest BCUT2D eigenvalue weighted by Gasteiger charge is 2.19. The number of aromatic hydroxyl groups is 1. The van der Waals surface area contributed by atoms with E-state index in [1.807, 2.05) is 26.0 Å². The van der Waals surface area contributed by atoms with E-state index in [0.29, 0.717) is 16.9 Å². The average Bonchev–Trinajstić information content (AvgIpc) is 2.99. The van der Waals surface area contributed by atoms with Crippen molar-refractivity contribution in [2.24, 2.45) is 0 Å². The van der Waals surface area contributed by atoms with E-state index < -0.39 is 5.91 Å². The van der Waals surface area contributed by atoms with Crippen LogP contribution in [0.1, 0.15) is 21.7 Å². The number of methoxy groups -OCH3 is 1. The summed E-state index contributed by atoms with van der Waals surface area (Å²) in [5.41, 5.74) is 3.32. The molecule has 9 heteroatoms. The van der Waals surface area contributed by atoms with Crippen LogP contribution < -0.4 is 10.1 Å². The van der Waals surface area contributed by atoms with Crippen molar-refractivity contribution in [2.45, 2.75) is 13.8 Å². The Morgan fingerprint density at radius 3 is 2.44 bits per heavy atom. The van der Waals surface area contributed by atoms with Crippen molar-refractivity contribution in [2.75, 3.05) is 12.4 Å². The molecule has 0 bridgehead atoms. The Balaban J connectivity index is 2.07. The maximum absolute atomic E-state index is 12.7. The third kappa shape index (κ3) is 3.56. The summed E-state index contributed by atoms with van der Waals surface area (Å²) in [6.45, 7) is 3.70. The van der Waals surface area contributed by atoms with Gasteiger partial charge in [0.15, 0.2) is 0 Å². The molecule has 1 amide bonds. The van der Waals surface area contributed by atoms with Crippen LogP contribution in [-0.4, -0.2) is 38.3 Å². The molecule has 3 rings (SSSR count).